The van der Waals surface area contributed by atoms with Gasteiger partial charge in [-0.15, -0.1) is 0 Å². The second-order valence-corrected chi connectivity index (χ2v) is 6.27. The molecular formula is C19H22N2O3. The monoisotopic (exact) mass is 326 g/mol. The molecule has 5 nitrogen and oxygen atoms in total. The Morgan fingerprint density at radius 3 is 2.54 bits per heavy atom. The fourth-order valence-corrected chi connectivity index (χ4v) is 3.07. The molecule has 0 aromatic heterocycles. The fourth-order valence-electron chi connectivity index (χ4n) is 3.07. The van der Waals surface area contributed by atoms with Gasteiger partial charge in [-0.1, -0.05) is 42.5 Å². The van der Waals surface area contributed by atoms with Crippen molar-refractivity contribution in [3.05, 3.63) is 65.7 Å². The number of carbonyl (C=O) groups excluding carboxylic acids is 1. The van der Waals surface area contributed by atoms with E-state index in [2.05, 4.69) is 0 Å². The van der Waals surface area contributed by atoms with Crippen LogP contribution in [-0.4, -0.2) is 22.3 Å². The Hall–Kier alpha value is -2.53. The van der Waals surface area contributed by atoms with Gasteiger partial charge in [0.05, 0.1) is 6.04 Å². The van der Waals surface area contributed by atoms with Crippen LogP contribution < -0.4 is 10.5 Å². The standard InChI is InChI=1S/C19H22N2O3/c1-13(21(23)19(20)22)17-11-18(17)15-7-9-16(10-8-15)24-12-14-5-3-2-4-6-14/h2-10,13,17-18,23H,11-12H2,1H3,(H2,20,22)/t13?,17-,18-/m0/s1. The molecule has 3 N–H and O–H groups in total. The molecule has 1 unspecified atom stereocenters. The summed E-state index contributed by atoms with van der Waals surface area (Å²) in [5.74, 6) is 1.41. The maximum Gasteiger partial charge on any atom is 0.338 e. The maximum atomic E-state index is 11.0. The second-order valence-electron chi connectivity index (χ2n) is 6.27. The number of ether oxygens (including phenoxy) is 1. The van der Waals surface area contributed by atoms with Gasteiger partial charge in [0.2, 0.25) is 0 Å². The zero-order valence-electron chi connectivity index (χ0n) is 13.6. The first kappa shape index (κ1) is 16.3. The van der Waals surface area contributed by atoms with Crippen molar-refractivity contribution >= 4 is 6.03 Å². The molecule has 2 aromatic rings. The van der Waals surface area contributed by atoms with Crippen LogP contribution in [0.3, 0.4) is 0 Å². The number of hydroxylamine groups is 2. The molecule has 0 heterocycles. The van der Waals surface area contributed by atoms with Gasteiger partial charge in [0, 0.05) is 0 Å². The maximum absolute atomic E-state index is 11.0. The predicted molar refractivity (Wildman–Crippen MR) is 90.7 cm³/mol. The minimum atomic E-state index is -0.808. The topological polar surface area (TPSA) is 75.8 Å². The zero-order valence-corrected chi connectivity index (χ0v) is 13.6. The van der Waals surface area contributed by atoms with E-state index >= 15 is 0 Å². The first-order chi connectivity index (χ1) is 11.6. The number of hydrogen-bond donors (Lipinski definition) is 2. The van der Waals surface area contributed by atoms with Crippen molar-refractivity contribution in [2.75, 3.05) is 0 Å². The van der Waals surface area contributed by atoms with Gasteiger partial charge < -0.3 is 10.5 Å². The summed E-state index contributed by atoms with van der Waals surface area (Å²) >= 11 is 0. The average molecular weight is 326 g/mol. The summed E-state index contributed by atoms with van der Waals surface area (Å²) < 4.78 is 5.78. The van der Waals surface area contributed by atoms with Crippen LogP contribution in [0.25, 0.3) is 0 Å². The molecule has 0 spiro atoms. The smallest absolute Gasteiger partial charge is 0.338 e. The number of urea groups is 1. The van der Waals surface area contributed by atoms with Gasteiger partial charge >= 0.3 is 6.03 Å². The summed E-state index contributed by atoms with van der Waals surface area (Å²) in [5, 5.41) is 10.3. The molecule has 5 heteroatoms. The van der Waals surface area contributed by atoms with E-state index in [9.17, 15) is 10.0 Å². The third-order valence-corrected chi connectivity index (χ3v) is 4.63. The summed E-state index contributed by atoms with van der Waals surface area (Å²) in [6.45, 7) is 2.36. The normalized spacial score (nSPS) is 20.2. The van der Waals surface area contributed by atoms with Crippen molar-refractivity contribution in [1.29, 1.82) is 0 Å². The number of amides is 2. The fraction of sp³-hybridized carbons (Fsp3) is 0.316. The number of nitrogens with two attached hydrogens (primary N) is 1. The quantitative estimate of drug-likeness (QED) is 0.630. The zero-order chi connectivity index (χ0) is 17.1. The highest BCUT2D eigenvalue weighted by Crippen LogP contribution is 2.50. The molecule has 3 atom stereocenters. The Morgan fingerprint density at radius 2 is 1.92 bits per heavy atom. The third-order valence-electron chi connectivity index (χ3n) is 4.63. The largest absolute Gasteiger partial charge is 0.489 e. The Labute approximate surface area is 141 Å². The molecule has 0 aliphatic heterocycles. The van der Waals surface area contributed by atoms with Crippen molar-refractivity contribution in [3.63, 3.8) is 0 Å². The van der Waals surface area contributed by atoms with Gasteiger partial charge in [-0.3, -0.25) is 5.21 Å². The molecule has 1 fully saturated rings. The highest BCUT2D eigenvalue weighted by Gasteiger charge is 2.44. The minimum absolute atomic E-state index is 0.235. The van der Waals surface area contributed by atoms with Crippen LogP contribution in [0.4, 0.5) is 4.79 Å². The molecule has 0 saturated heterocycles. The van der Waals surface area contributed by atoms with E-state index in [1.54, 1.807) is 0 Å². The number of rotatable bonds is 6. The summed E-state index contributed by atoms with van der Waals surface area (Å²) in [6, 6.07) is 17.0. The molecule has 126 valence electrons. The molecule has 1 aliphatic rings. The highest BCUT2D eigenvalue weighted by atomic mass is 16.5. The van der Waals surface area contributed by atoms with Gasteiger partial charge in [0.25, 0.3) is 0 Å². The molecule has 0 bridgehead atoms. The van der Waals surface area contributed by atoms with Crippen LogP contribution in [0.2, 0.25) is 0 Å². The van der Waals surface area contributed by atoms with Crippen molar-refractivity contribution in [1.82, 2.24) is 5.06 Å². The number of carbonyl (C=O) groups is 1. The lowest BCUT2D eigenvalue weighted by atomic mass is 10.1. The Balaban J connectivity index is 1.55. The number of hydrogen-bond acceptors (Lipinski definition) is 3. The molecule has 0 radical (unpaired) electrons. The van der Waals surface area contributed by atoms with Crippen LogP contribution in [0.5, 0.6) is 5.75 Å². The van der Waals surface area contributed by atoms with E-state index < -0.39 is 6.03 Å². The minimum Gasteiger partial charge on any atom is -0.489 e. The lowest BCUT2D eigenvalue weighted by molar-refractivity contribution is -0.0760. The lowest BCUT2D eigenvalue weighted by Crippen LogP contribution is -2.40. The summed E-state index contributed by atoms with van der Waals surface area (Å²) in [6.07, 6.45) is 0.940. The lowest BCUT2D eigenvalue weighted by Gasteiger charge is -2.20. The molecular weight excluding hydrogens is 304 g/mol. The van der Waals surface area contributed by atoms with E-state index in [1.165, 1.54) is 5.56 Å². The Bertz CT molecular complexity index is 688. The second kappa shape index (κ2) is 6.93. The number of primary amides is 1. The van der Waals surface area contributed by atoms with Crippen LogP contribution >= 0.6 is 0 Å². The van der Waals surface area contributed by atoms with Crippen molar-refractivity contribution < 1.29 is 14.7 Å². The number of nitrogens with zero attached hydrogens (tertiary/aromatic N) is 1. The van der Waals surface area contributed by atoms with Crippen LogP contribution in [0.15, 0.2) is 54.6 Å². The average Bonchev–Trinajstić information content (AvgIpc) is 3.40. The molecule has 2 aromatic carbocycles. The van der Waals surface area contributed by atoms with Gasteiger partial charge in [-0.05, 0) is 48.4 Å². The van der Waals surface area contributed by atoms with E-state index in [0.29, 0.717) is 17.6 Å². The van der Waals surface area contributed by atoms with E-state index in [0.717, 1.165) is 17.7 Å². The van der Waals surface area contributed by atoms with Crippen LogP contribution in [0, 0.1) is 5.92 Å². The summed E-state index contributed by atoms with van der Waals surface area (Å²) in [4.78, 5) is 11.0. The summed E-state index contributed by atoms with van der Waals surface area (Å²) in [5.41, 5.74) is 7.43. The van der Waals surface area contributed by atoms with Crippen molar-refractivity contribution in [3.8, 4) is 5.75 Å². The molecule has 1 saturated carbocycles. The third kappa shape index (κ3) is 3.68. The molecule has 1 aliphatic carbocycles. The van der Waals surface area contributed by atoms with E-state index in [1.807, 2.05) is 61.5 Å². The predicted octanol–water partition coefficient (Wildman–Crippen LogP) is 3.53. The van der Waals surface area contributed by atoms with E-state index in [-0.39, 0.29) is 12.0 Å². The first-order valence-corrected chi connectivity index (χ1v) is 8.10. The van der Waals surface area contributed by atoms with Crippen LogP contribution in [-0.2, 0) is 6.61 Å². The SMILES string of the molecule is CC([C@@H]1C[C@H]1c1ccc(OCc2ccccc2)cc1)N(O)C(N)=O. The van der Waals surface area contributed by atoms with Crippen molar-refractivity contribution in [2.45, 2.75) is 31.9 Å². The van der Waals surface area contributed by atoms with Gasteiger partial charge in [-0.2, -0.15) is 0 Å². The van der Waals surface area contributed by atoms with Gasteiger partial charge in [-0.25, -0.2) is 9.86 Å². The molecule has 24 heavy (non-hydrogen) atoms. The van der Waals surface area contributed by atoms with Gasteiger partial charge in [0.15, 0.2) is 0 Å². The Kier molecular flexibility index (Phi) is 4.71. The van der Waals surface area contributed by atoms with E-state index in [4.69, 9.17) is 10.5 Å². The first-order valence-electron chi connectivity index (χ1n) is 8.10. The number of benzene rings is 2. The molecule has 2 amide bonds. The summed E-state index contributed by atoms with van der Waals surface area (Å²) in [7, 11) is 0. The van der Waals surface area contributed by atoms with Gasteiger partial charge in [0.1, 0.15) is 12.4 Å². The highest BCUT2D eigenvalue weighted by molar-refractivity contribution is 5.71. The van der Waals surface area contributed by atoms with Crippen LogP contribution in [0.1, 0.15) is 30.4 Å². The Morgan fingerprint density at radius 1 is 1.25 bits per heavy atom. The van der Waals surface area contributed by atoms with Crippen molar-refractivity contribution in [2.24, 2.45) is 11.7 Å². The molecule has 3 rings (SSSR count).